The molecule has 3 saturated carbocycles. The zero-order chi connectivity index (χ0) is 15.7. The molecule has 4 aliphatic carbocycles. The second kappa shape index (κ2) is 4.55. The van der Waals surface area contributed by atoms with E-state index in [4.69, 9.17) is 0 Å². The number of hydrogen-bond donors (Lipinski definition) is 0. The van der Waals surface area contributed by atoms with Crippen molar-refractivity contribution in [3.63, 3.8) is 0 Å². The molecule has 0 bridgehead atoms. The number of hydrogen-bond acceptors (Lipinski definition) is 2. The van der Waals surface area contributed by atoms with Crippen LogP contribution in [-0.2, 0) is 9.59 Å². The zero-order valence-electron chi connectivity index (χ0n) is 14.2. The molecule has 0 heterocycles. The number of ketones is 2. The molecule has 0 saturated heterocycles. The lowest BCUT2D eigenvalue weighted by Crippen LogP contribution is -2.53. The Morgan fingerprint density at radius 1 is 1.00 bits per heavy atom. The highest BCUT2D eigenvalue weighted by molar-refractivity contribution is 5.96. The van der Waals surface area contributed by atoms with E-state index in [1.54, 1.807) is 0 Å². The van der Waals surface area contributed by atoms with Crippen LogP contribution in [0.15, 0.2) is 11.6 Å². The standard InChI is InChI=1S/C20H28O2/c1-12-6-8-19(2)13(10-12)11-16(21)18-14-4-5-17(22)20(14,3)9-7-15(18)19/h11-12,14-15,18H,4-10H2,1-3H3/t12-,14+,15?,18+,19+,20+/m1/s1. The normalized spacial score (nSPS) is 51.0. The van der Waals surface area contributed by atoms with Crippen molar-refractivity contribution in [3.8, 4) is 0 Å². The fourth-order valence-corrected chi connectivity index (χ4v) is 6.36. The van der Waals surface area contributed by atoms with E-state index in [0.29, 0.717) is 35.7 Å². The van der Waals surface area contributed by atoms with E-state index in [2.05, 4.69) is 20.8 Å². The highest BCUT2D eigenvalue weighted by Crippen LogP contribution is 2.63. The van der Waals surface area contributed by atoms with E-state index in [1.165, 1.54) is 18.4 Å². The van der Waals surface area contributed by atoms with Crippen LogP contribution in [0.4, 0.5) is 0 Å². The summed E-state index contributed by atoms with van der Waals surface area (Å²) in [7, 11) is 0. The van der Waals surface area contributed by atoms with E-state index >= 15 is 0 Å². The average Bonchev–Trinajstić information content (AvgIpc) is 2.77. The van der Waals surface area contributed by atoms with Gasteiger partial charge in [-0.15, -0.1) is 0 Å². The predicted octanol–water partition coefficient (Wildman–Crippen LogP) is 4.33. The monoisotopic (exact) mass is 300 g/mol. The summed E-state index contributed by atoms with van der Waals surface area (Å²) in [4.78, 5) is 25.3. The van der Waals surface area contributed by atoms with Gasteiger partial charge in [0.15, 0.2) is 5.78 Å². The summed E-state index contributed by atoms with van der Waals surface area (Å²) in [6, 6.07) is 0. The quantitative estimate of drug-likeness (QED) is 0.667. The topological polar surface area (TPSA) is 34.1 Å². The molecule has 0 aromatic heterocycles. The lowest BCUT2D eigenvalue weighted by Gasteiger charge is -2.56. The number of rotatable bonds is 0. The molecule has 22 heavy (non-hydrogen) atoms. The molecule has 2 heteroatoms. The molecule has 0 aromatic carbocycles. The van der Waals surface area contributed by atoms with Gasteiger partial charge in [-0.1, -0.05) is 26.3 Å². The van der Waals surface area contributed by atoms with Crippen LogP contribution in [-0.4, -0.2) is 11.6 Å². The first kappa shape index (κ1) is 14.7. The molecule has 6 atom stereocenters. The Labute approximate surface area is 133 Å². The van der Waals surface area contributed by atoms with Gasteiger partial charge in [-0.05, 0) is 67.8 Å². The van der Waals surface area contributed by atoms with Gasteiger partial charge in [0, 0.05) is 17.8 Å². The van der Waals surface area contributed by atoms with Gasteiger partial charge in [0.05, 0.1) is 0 Å². The van der Waals surface area contributed by atoms with E-state index in [-0.39, 0.29) is 16.7 Å². The number of carbonyl (C=O) groups excluding carboxylic acids is 2. The average molecular weight is 300 g/mol. The van der Waals surface area contributed by atoms with Crippen molar-refractivity contribution in [1.82, 2.24) is 0 Å². The minimum atomic E-state index is -0.208. The van der Waals surface area contributed by atoms with Crippen molar-refractivity contribution >= 4 is 11.6 Å². The van der Waals surface area contributed by atoms with E-state index in [9.17, 15) is 9.59 Å². The van der Waals surface area contributed by atoms with Crippen LogP contribution >= 0.6 is 0 Å². The van der Waals surface area contributed by atoms with Gasteiger partial charge < -0.3 is 0 Å². The predicted molar refractivity (Wildman–Crippen MR) is 86.3 cm³/mol. The summed E-state index contributed by atoms with van der Waals surface area (Å²) in [5.41, 5.74) is 1.43. The lowest BCUT2D eigenvalue weighted by atomic mass is 9.47. The van der Waals surface area contributed by atoms with Crippen molar-refractivity contribution in [2.75, 3.05) is 0 Å². The molecule has 120 valence electrons. The Kier molecular flexibility index (Phi) is 3.03. The lowest BCUT2D eigenvalue weighted by molar-refractivity contribution is -0.139. The van der Waals surface area contributed by atoms with Crippen LogP contribution in [0.5, 0.6) is 0 Å². The summed E-state index contributed by atoms with van der Waals surface area (Å²) in [6.45, 7) is 6.86. The maximum Gasteiger partial charge on any atom is 0.159 e. The Hall–Kier alpha value is -0.920. The summed E-state index contributed by atoms with van der Waals surface area (Å²) in [5, 5.41) is 0. The van der Waals surface area contributed by atoms with E-state index in [0.717, 1.165) is 25.7 Å². The van der Waals surface area contributed by atoms with Crippen LogP contribution in [0.2, 0.25) is 0 Å². The largest absolute Gasteiger partial charge is 0.299 e. The van der Waals surface area contributed by atoms with Gasteiger partial charge in [0.1, 0.15) is 5.78 Å². The second-order valence-electron chi connectivity index (χ2n) is 8.99. The molecule has 0 amide bonds. The van der Waals surface area contributed by atoms with Crippen LogP contribution in [0, 0.1) is 34.5 Å². The molecule has 0 spiro atoms. The van der Waals surface area contributed by atoms with Crippen LogP contribution in [0.25, 0.3) is 0 Å². The molecule has 3 fully saturated rings. The van der Waals surface area contributed by atoms with Crippen LogP contribution in [0.1, 0.15) is 65.7 Å². The molecule has 0 radical (unpaired) electrons. The van der Waals surface area contributed by atoms with Gasteiger partial charge in [0.25, 0.3) is 0 Å². The second-order valence-corrected chi connectivity index (χ2v) is 8.99. The van der Waals surface area contributed by atoms with Gasteiger partial charge in [-0.25, -0.2) is 0 Å². The molecule has 0 N–H and O–H groups in total. The highest BCUT2D eigenvalue weighted by Gasteiger charge is 2.60. The Morgan fingerprint density at radius 2 is 1.68 bits per heavy atom. The van der Waals surface area contributed by atoms with Crippen molar-refractivity contribution in [2.45, 2.75) is 65.7 Å². The fraction of sp³-hybridized carbons (Fsp3) is 0.800. The molecule has 4 aliphatic rings. The first-order valence-corrected chi connectivity index (χ1v) is 9.14. The molecule has 4 rings (SSSR count). The van der Waals surface area contributed by atoms with Gasteiger partial charge in [0.2, 0.25) is 0 Å². The number of Topliss-reactive ketones (excluding diaryl/α,β-unsaturated/α-hetero) is 1. The minimum Gasteiger partial charge on any atom is -0.299 e. The summed E-state index contributed by atoms with van der Waals surface area (Å²) >= 11 is 0. The smallest absolute Gasteiger partial charge is 0.159 e. The maximum atomic E-state index is 12.9. The summed E-state index contributed by atoms with van der Waals surface area (Å²) < 4.78 is 0. The molecular formula is C20H28O2. The van der Waals surface area contributed by atoms with Crippen LogP contribution < -0.4 is 0 Å². The van der Waals surface area contributed by atoms with Gasteiger partial charge in [-0.2, -0.15) is 0 Å². The van der Waals surface area contributed by atoms with Crippen molar-refractivity contribution < 1.29 is 9.59 Å². The number of fused-ring (bicyclic) bond motifs is 5. The third kappa shape index (κ3) is 1.73. The number of carbonyl (C=O) groups is 2. The van der Waals surface area contributed by atoms with Gasteiger partial charge in [-0.3, -0.25) is 9.59 Å². The van der Waals surface area contributed by atoms with Crippen LogP contribution in [0.3, 0.4) is 0 Å². The Morgan fingerprint density at radius 3 is 2.45 bits per heavy atom. The maximum absolute atomic E-state index is 12.9. The van der Waals surface area contributed by atoms with E-state index in [1.807, 2.05) is 6.08 Å². The fourth-order valence-electron chi connectivity index (χ4n) is 6.36. The molecule has 0 aromatic rings. The third-order valence-electron chi connectivity index (χ3n) is 7.90. The van der Waals surface area contributed by atoms with Crippen molar-refractivity contribution in [1.29, 1.82) is 0 Å². The SMILES string of the molecule is C[C@@H]1CC[C@@]2(C)C(=CC(=O)[C@@H]3C2CC[C@]2(C)C(=O)CC[C@@H]32)C1. The molecule has 1 unspecified atom stereocenters. The van der Waals surface area contributed by atoms with E-state index < -0.39 is 0 Å². The molecule has 0 aliphatic heterocycles. The Balaban J connectivity index is 1.76. The summed E-state index contributed by atoms with van der Waals surface area (Å²) in [5.74, 6) is 2.38. The minimum absolute atomic E-state index is 0.118. The zero-order valence-corrected chi connectivity index (χ0v) is 14.2. The first-order chi connectivity index (χ1) is 10.4. The highest BCUT2D eigenvalue weighted by atomic mass is 16.1. The molecular weight excluding hydrogens is 272 g/mol. The summed E-state index contributed by atoms with van der Waals surface area (Å²) in [6.07, 6.45) is 9.33. The van der Waals surface area contributed by atoms with Crippen molar-refractivity contribution in [2.24, 2.45) is 34.5 Å². The number of allylic oxidation sites excluding steroid dienone is 2. The van der Waals surface area contributed by atoms with Gasteiger partial charge >= 0.3 is 0 Å². The third-order valence-corrected chi connectivity index (χ3v) is 7.90. The first-order valence-electron chi connectivity index (χ1n) is 9.14. The Bertz CT molecular complexity index is 574. The van der Waals surface area contributed by atoms with Crippen molar-refractivity contribution in [3.05, 3.63) is 11.6 Å². The molecule has 2 nitrogen and oxygen atoms in total.